The lowest BCUT2D eigenvalue weighted by Gasteiger charge is -2.23. The summed E-state index contributed by atoms with van der Waals surface area (Å²) in [6, 6.07) is 18.9. The summed E-state index contributed by atoms with van der Waals surface area (Å²) in [6.45, 7) is 9.03. The van der Waals surface area contributed by atoms with Crippen LogP contribution in [0.2, 0.25) is 0 Å². The second-order valence-electron chi connectivity index (χ2n) is 9.82. The van der Waals surface area contributed by atoms with Gasteiger partial charge in [0, 0.05) is 24.0 Å². The first kappa shape index (κ1) is 32.8. The summed E-state index contributed by atoms with van der Waals surface area (Å²) in [5.74, 6) is -0.709. The van der Waals surface area contributed by atoms with Gasteiger partial charge in [-0.05, 0) is 37.3 Å². The molecular formula is C32H42N2O5S. The minimum atomic E-state index is -0.632. The Bertz CT molecular complexity index is 1060. The van der Waals surface area contributed by atoms with Gasteiger partial charge in [0.05, 0.1) is 24.5 Å². The lowest BCUT2D eigenvalue weighted by atomic mass is 9.96. The molecule has 7 nitrogen and oxygen atoms in total. The average molecular weight is 567 g/mol. The molecule has 40 heavy (non-hydrogen) atoms. The van der Waals surface area contributed by atoms with E-state index in [-0.39, 0.29) is 43.3 Å². The van der Waals surface area contributed by atoms with Crippen LogP contribution in [0, 0.1) is 11.8 Å². The first-order valence-corrected chi connectivity index (χ1v) is 14.8. The molecule has 8 heteroatoms. The third-order valence-corrected chi connectivity index (χ3v) is 7.42. The largest absolute Gasteiger partial charge is 0.463 e. The Balaban J connectivity index is 2.06. The molecule has 2 aromatic rings. The number of nitrogens with one attached hydrogen (secondary N) is 2. The Kier molecular flexibility index (Phi) is 15.5. The van der Waals surface area contributed by atoms with Crippen molar-refractivity contribution in [2.24, 2.45) is 11.8 Å². The number of carbonyl (C=O) groups is 3. The molecule has 4 unspecified atom stereocenters. The van der Waals surface area contributed by atoms with Gasteiger partial charge in [-0.1, -0.05) is 72.8 Å². The quantitative estimate of drug-likeness (QED) is 0.171. The van der Waals surface area contributed by atoms with E-state index in [4.69, 9.17) is 4.74 Å². The van der Waals surface area contributed by atoms with E-state index in [2.05, 4.69) is 23.8 Å². The Labute approximate surface area is 242 Å². The number of esters is 1. The number of amides is 2. The van der Waals surface area contributed by atoms with Crippen molar-refractivity contribution in [3.8, 4) is 0 Å². The lowest BCUT2D eigenvalue weighted by Crippen LogP contribution is -2.45. The van der Waals surface area contributed by atoms with Crippen LogP contribution >= 0.6 is 11.8 Å². The van der Waals surface area contributed by atoms with Gasteiger partial charge in [0.15, 0.2) is 0 Å². The van der Waals surface area contributed by atoms with Gasteiger partial charge in [0.25, 0.3) is 0 Å². The van der Waals surface area contributed by atoms with E-state index < -0.39 is 18.0 Å². The van der Waals surface area contributed by atoms with Crippen molar-refractivity contribution >= 4 is 29.5 Å². The van der Waals surface area contributed by atoms with Gasteiger partial charge in [-0.25, -0.2) is 0 Å². The Hall–Kier alpha value is -3.36. The molecule has 0 heterocycles. The molecule has 0 aromatic heterocycles. The zero-order chi connectivity index (χ0) is 29.2. The zero-order valence-corrected chi connectivity index (χ0v) is 24.1. The predicted molar refractivity (Wildman–Crippen MR) is 162 cm³/mol. The minimum absolute atomic E-state index is 0.0172. The van der Waals surface area contributed by atoms with E-state index in [1.54, 1.807) is 30.8 Å². The maximum absolute atomic E-state index is 13.2. The van der Waals surface area contributed by atoms with E-state index in [1.165, 1.54) is 0 Å². The van der Waals surface area contributed by atoms with Crippen molar-refractivity contribution in [3.05, 3.63) is 97.1 Å². The van der Waals surface area contributed by atoms with E-state index in [1.807, 2.05) is 60.7 Å². The second-order valence-corrected chi connectivity index (χ2v) is 10.9. The van der Waals surface area contributed by atoms with Gasteiger partial charge < -0.3 is 20.5 Å². The molecule has 0 aliphatic heterocycles. The van der Waals surface area contributed by atoms with Gasteiger partial charge in [0.1, 0.15) is 6.61 Å². The highest BCUT2D eigenvalue weighted by Crippen LogP contribution is 2.18. The van der Waals surface area contributed by atoms with Crippen LogP contribution in [0.15, 0.2) is 86.0 Å². The van der Waals surface area contributed by atoms with Crippen molar-refractivity contribution in [1.29, 1.82) is 0 Å². The van der Waals surface area contributed by atoms with Crippen molar-refractivity contribution in [2.75, 3.05) is 19.0 Å². The third kappa shape index (κ3) is 12.7. The summed E-state index contributed by atoms with van der Waals surface area (Å²) in [6.07, 6.45) is 4.62. The van der Waals surface area contributed by atoms with E-state index in [0.717, 1.165) is 16.9 Å². The lowest BCUT2D eigenvalue weighted by molar-refractivity contribution is -0.149. The number of aliphatic hydroxyl groups is 1. The molecule has 0 aliphatic carbocycles. The van der Waals surface area contributed by atoms with Crippen LogP contribution in [-0.4, -0.2) is 53.9 Å². The molecule has 0 fully saturated rings. The SMILES string of the molecule is C=CCC(CC(=O)NC(C)CO)C(=O)NC(COC(=O)C(CC=C)Cc1ccccc1)CSCc1ccccc1. The monoisotopic (exact) mass is 566 g/mol. The first-order valence-electron chi connectivity index (χ1n) is 13.6. The summed E-state index contributed by atoms with van der Waals surface area (Å²) in [4.78, 5) is 38.7. The predicted octanol–water partition coefficient (Wildman–Crippen LogP) is 4.46. The number of carbonyl (C=O) groups excluding carboxylic acids is 3. The maximum Gasteiger partial charge on any atom is 0.309 e. The maximum atomic E-state index is 13.2. The molecule has 0 saturated heterocycles. The summed E-state index contributed by atoms with van der Waals surface area (Å²) in [5, 5.41) is 14.9. The molecule has 2 aromatic carbocycles. The van der Waals surface area contributed by atoms with Gasteiger partial charge >= 0.3 is 5.97 Å². The van der Waals surface area contributed by atoms with Gasteiger partial charge in [0.2, 0.25) is 11.8 Å². The second kappa shape index (κ2) is 18.8. The van der Waals surface area contributed by atoms with Crippen molar-refractivity contribution in [3.63, 3.8) is 0 Å². The highest BCUT2D eigenvalue weighted by atomic mass is 32.2. The normalized spacial score (nSPS) is 13.8. The van der Waals surface area contributed by atoms with Crippen LogP contribution in [0.25, 0.3) is 0 Å². The summed E-state index contributed by atoms with van der Waals surface area (Å²) in [5.41, 5.74) is 2.19. The van der Waals surface area contributed by atoms with Crippen LogP contribution < -0.4 is 10.6 Å². The Morgan fingerprint density at radius 2 is 1.52 bits per heavy atom. The fourth-order valence-electron chi connectivity index (χ4n) is 4.09. The summed E-state index contributed by atoms with van der Waals surface area (Å²) < 4.78 is 5.74. The molecule has 2 amide bonds. The molecule has 2 rings (SSSR count). The molecular weight excluding hydrogens is 524 g/mol. The van der Waals surface area contributed by atoms with Crippen LogP contribution in [-0.2, 0) is 31.3 Å². The zero-order valence-electron chi connectivity index (χ0n) is 23.3. The number of ether oxygens (including phenoxy) is 1. The molecule has 0 radical (unpaired) electrons. The van der Waals surface area contributed by atoms with Gasteiger partial charge in [-0.3, -0.25) is 14.4 Å². The van der Waals surface area contributed by atoms with Crippen LogP contribution in [0.5, 0.6) is 0 Å². The van der Waals surface area contributed by atoms with Crippen LogP contribution in [0.4, 0.5) is 0 Å². The summed E-state index contributed by atoms with van der Waals surface area (Å²) >= 11 is 1.63. The molecule has 3 N–H and O–H groups in total. The smallest absolute Gasteiger partial charge is 0.309 e. The fraction of sp³-hybridized carbons (Fsp3) is 0.406. The topological polar surface area (TPSA) is 105 Å². The highest BCUT2D eigenvalue weighted by Gasteiger charge is 2.26. The van der Waals surface area contributed by atoms with E-state index in [0.29, 0.717) is 25.0 Å². The Morgan fingerprint density at radius 1 is 0.925 bits per heavy atom. The molecule has 216 valence electrons. The number of aliphatic hydroxyl groups excluding tert-OH is 1. The average Bonchev–Trinajstić information content (AvgIpc) is 2.96. The van der Waals surface area contributed by atoms with Crippen molar-refractivity contribution in [1.82, 2.24) is 10.6 Å². The van der Waals surface area contributed by atoms with Crippen LogP contribution in [0.1, 0.15) is 37.3 Å². The molecule has 0 bridgehead atoms. The van der Waals surface area contributed by atoms with E-state index >= 15 is 0 Å². The number of allylic oxidation sites excluding steroid dienone is 2. The molecule has 4 atom stereocenters. The first-order chi connectivity index (χ1) is 19.4. The number of rotatable bonds is 19. The van der Waals surface area contributed by atoms with E-state index in [9.17, 15) is 19.5 Å². The molecule has 0 spiro atoms. The minimum Gasteiger partial charge on any atom is -0.463 e. The third-order valence-electron chi connectivity index (χ3n) is 6.25. The summed E-state index contributed by atoms with van der Waals surface area (Å²) in [7, 11) is 0. The number of thioether (sulfide) groups is 1. The van der Waals surface area contributed by atoms with Gasteiger partial charge in [-0.15, -0.1) is 13.2 Å². The number of benzene rings is 2. The molecule has 0 aliphatic rings. The number of hydrogen-bond donors (Lipinski definition) is 3. The Morgan fingerprint density at radius 3 is 2.12 bits per heavy atom. The highest BCUT2D eigenvalue weighted by molar-refractivity contribution is 7.98. The van der Waals surface area contributed by atoms with Crippen LogP contribution in [0.3, 0.4) is 0 Å². The standard InChI is InChI=1S/C32H42N2O5S/c1-4-12-27(19-30(36)33-24(3)20-35)31(37)34-29(23-40-22-26-16-10-7-11-17-26)21-39-32(38)28(13-5-2)18-25-14-8-6-9-15-25/h4-11,14-17,24,27-29,35H,1-2,12-13,18-23H2,3H3,(H,33,36)(H,34,37). The molecule has 0 saturated carbocycles. The fourth-order valence-corrected chi connectivity index (χ4v) is 5.10. The number of hydrogen-bond acceptors (Lipinski definition) is 6. The van der Waals surface area contributed by atoms with Crippen molar-refractivity contribution < 1.29 is 24.2 Å². The van der Waals surface area contributed by atoms with Crippen molar-refractivity contribution in [2.45, 2.75) is 50.4 Å². The van der Waals surface area contributed by atoms with Gasteiger partial charge in [-0.2, -0.15) is 11.8 Å².